The van der Waals surface area contributed by atoms with Crippen LogP contribution < -0.4 is 51.4 Å². The van der Waals surface area contributed by atoms with Crippen LogP contribution in [0.3, 0.4) is 0 Å². The van der Waals surface area contributed by atoms with Gasteiger partial charge < -0.3 is 16.4 Å². The van der Waals surface area contributed by atoms with Crippen molar-refractivity contribution in [3.63, 3.8) is 0 Å². The van der Waals surface area contributed by atoms with Crippen molar-refractivity contribution in [3.05, 3.63) is 115 Å². The van der Waals surface area contributed by atoms with Crippen molar-refractivity contribution in [2.24, 2.45) is 17.8 Å². The van der Waals surface area contributed by atoms with Gasteiger partial charge in [0.2, 0.25) is 0 Å². The van der Waals surface area contributed by atoms with Gasteiger partial charge in [-0.15, -0.1) is 43.4 Å². The first-order valence-corrected chi connectivity index (χ1v) is 26.5. The Balaban J connectivity index is -0.000000363. The third-order valence-electron chi connectivity index (χ3n) is 10.6. The molecule has 1 aromatic carbocycles. The molecule has 0 N–H and O–H groups in total. The molecule has 0 amide bonds. The number of fused-ring (bicyclic) bond motifs is 1. The molecule has 374 valence electrons. The van der Waals surface area contributed by atoms with Crippen LogP contribution in [-0.4, -0.2) is 33.5 Å². The van der Waals surface area contributed by atoms with Crippen molar-refractivity contribution >= 4 is 22.2 Å². The van der Waals surface area contributed by atoms with Crippen molar-refractivity contribution in [3.8, 4) is 34.9 Å². The quantitative estimate of drug-likeness (QED) is 0.0309. The van der Waals surface area contributed by atoms with E-state index in [0.717, 1.165) is 56.5 Å². The fourth-order valence-electron chi connectivity index (χ4n) is 6.69. The molecule has 3 aromatic heterocycles. The second kappa shape index (κ2) is 47.2. The van der Waals surface area contributed by atoms with Gasteiger partial charge in [0.05, 0.1) is 22.1 Å². The van der Waals surface area contributed by atoms with Crippen molar-refractivity contribution < 1.29 is 51.4 Å². The van der Waals surface area contributed by atoms with E-state index in [-0.39, 0.29) is 51.4 Å². The molecule has 0 saturated carbocycles. The Morgan fingerprint density at radius 3 is 1.90 bits per heavy atom. The Morgan fingerprint density at radius 1 is 0.910 bits per heavy atom. The summed E-state index contributed by atoms with van der Waals surface area (Å²) in [7, 11) is 3.98. The molecule has 4 atom stereocenters. The minimum Gasteiger partial charge on any atom is -0.381 e. The Bertz CT molecular complexity index is 1850. The number of pyridine rings is 1. The van der Waals surface area contributed by atoms with Crippen molar-refractivity contribution in [1.82, 2.24) is 19.4 Å². The molecule has 0 aliphatic carbocycles. The number of hydrogen-bond acceptors (Lipinski definition) is 4. The van der Waals surface area contributed by atoms with E-state index >= 15 is 0 Å². The topological polar surface area (TPSA) is 34.0 Å². The summed E-state index contributed by atoms with van der Waals surface area (Å²) >= 11 is 1.80. The number of thiazole rings is 1. The van der Waals surface area contributed by atoms with E-state index in [1.807, 2.05) is 78.9 Å². The summed E-state index contributed by atoms with van der Waals surface area (Å²) < 4.78 is 2.51. The van der Waals surface area contributed by atoms with Gasteiger partial charge in [-0.2, -0.15) is 6.42 Å². The molecule has 4 aromatic rings. The van der Waals surface area contributed by atoms with Crippen LogP contribution in [0.2, 0.25) is 0 Å². The van der Waals surface area contributed by atoms with Gasteiger partial charge in [0, 0.05) is 71.8 Å². The van der Waals surface area contributed by atoms with Gasteiger partial charge in [-0.1, -0.05) is 160 Å². The summed E-state index contributed by atoms with van der Waals surface area (Å²) in [5.41, 5.74) is 9.99. The van der Waals surface area contributed by atoms with Gasteiger partial charge in [-0.25, -0.2) is 4.98 Å². The number of hydrogen-bond donors (Lipinski definition) is 0. The Morgan fingerprint density at radius 2 is 1.49 bits per heavy atom. The smallest absolute Gasteiger partial charge is 0.381 e. The predicted octanol–water partition coefficient (Wildman–Crippen LogP) is 16.9. The molecule has 6 heteroatoms. The summed E-state index contributed by atoms with van der Waals surface area (Å²) in [4.78, 5) is 12.1. The number of aryl methyl sites for hydroxylation is 1. The van der Waals surface area contributed by atoms with Crippen LogP contribution in [0.5, 0.6) is 0 Å². The number of nitrogens with zero attached hydrogens (tertiary/aromatic N) is 4. The minimum absolute atomic E-state index is 0. The van der Waals surface area contributed by atoms with Crippen molar-refractivity contribution in [2.45, 2.75) is 194 Å². The summed E-state index contributed by atoms with van der Waals surface area (Å²) in [5.74, 6) is 4.47. The van der Waals surface area contributed by atoms with E-state index in [9.17, 15) is 0 Å². The molecular formula is C61H103KN4S. The molecule has 0 spiro atoms. The number of benzene rings is 1. The summed E-state index contributed by atoms with van der Waals surface area (Å²) in [6.45, 7) is 55.7. The fourth-order valence-corrected chi connectivity index (χ4v) is 7.77. The average Bonchev–Trinajstić information content (AvgIpc) is 3.96. The molecular weight excluding hydrogens is 860 g/mol. The van der Waals surface area contributed by atoms with Gasteiger partial charge in [0.1, 0.15) is 0 Å². The van der Waals surface area contributed by atoms with Crippen LogP contribution in [0.1, 0.15) is 197 Å². The third-order valence-corrected chi connectivity index (χ3v) is 11.6. The predicted molar refractivity (Wildman–Crippen MR) is 307 cm³/mol. The largest absolute Gasteiger partial charge is 1.00 e. The summed E-state index contributed by atoms with van der Waals surface area (Å²) in [6, 6.07) is 11.3. The maximum atomic E-state index is 5.18. The maximum absolute atomic E-state index is 5.18. The van der Waals surface area contributed by atoms with Gasteiger partial charge in [-0.3, -0.25) is 4.98 Å². The number of allylic oxidation sites excluding steroid dienone is 3. The van der Waals surface area contributed by atoms with Gasteiger partial charge in [-0.05, 0) is 87.1 Å². The average molecular weight is 964 g/mol. The van der Waals surface area contributed by atoms with Crippen LogP contribution in [0, 0.1) is 37.0 Å². The minimum atomic E-state index is 0. The first-order chi connectivity index (χ1) is 31.7. The number of rotatable bonds is 19. The van der Waals surface area contributed by atoms with Crippen molar-refractivity contribution in [1.29, 1.82) is 0 Å². The number of unbranched alkanes of at least 4 members (excludes halogenated alkanes) is 3. The summed E-state index contributed by atoms with van der Waals surface area (Å²) in [5, 5.41) is 4.83. The second-order valence-electron chi connectivity index (χ2n) is 16.2. The molecule has 0 saturated heterocycles. The molecule has 0 aliphatic heterocycles. The molecule has 0 radical (unpaired) electrons. The van der Waals surface area contributed by atoms with E-state index < -0.39 is 0 Å². The first kappa shape index (κ1) is 73.5. The summed E-state index contributed by atoms with van der Waals surface area (Å²) in [6.07, 6.45) is 23.0. The first-order valence-electron chi connectivity index (χ1n) is 25.6. The molecule has 0 aliphatic rings. The zero-order valence-electron chi connectivity index (χ0n) is 47.5. The van der Waals surface area contributed by atoms with Crippen LogP contribution >= 0.6 is 11.3 Å². The SMILES string of the molecule is C#CC.C=CC(C)C(=C)N(C)C.C=CC(C)C(CCC)c1nc(-c2ccc3c(c2)c(CC(C)C)c(-c2cccnc2C(C)CC)n3CC)cs1.C=CCC.CC.CC.CC.[CH2-]CCCCC.[K+]. The molecule has 4 rings (SSSR count). The zero-order valence-corrected chi connectivity index (χ0v) is 51.5. The third kappa shape index (κ3) is 27.5. The molecule has 0 bridgehead atoms. The maximum Gasteiger partial charge on any atom is 1.00 e. The van der Waals surface area contributed by atoms with E-state index in [0.29, 0.717) is 29.6 Å². The normalized spacial score (nSPS) is 11.3. The van der Waals surface area contributed by atoms with E-state index in [1.54, 1.807) is 18.3 Å². The van der Waals surface area contributed by atoms with Crippen LogP contribution in [0.15, 0.2) is 92.1 Å². The molecule has 4 nitrogen and oxygen atoms in total. The Labute approximate surface area is 464 Å². The molecule has 67 heavy (non-hydrogen) atoms. The second-order valence-corrected chi connectivity index (χ2v) is 17.1. The van der Waals surface area contributed by atoms with Gasteiger partial charge in [0.15, 0.2) is 0 Å². The monoisotopic (exact) mass is 963 g/mol. The van der Waals surface area contributed by atoms with Crippen LogP contribution in [0.25, 0.3) is 33.4 Å². The molecule has 4 unspecified atom stereocenters. The fraction of sp³-hybridized carbons (Fsp3) is 0.557. The van der Waals surface area contributed by atoms with Crippen LogP contribution in [0.4, 0.5) is 0 Å². The van der Waals surface area contributed by atoms with E-state index in [4.69, 9.17) is 9.97 Å². The van der Waals surface area contributed by atoms with E-state index in [1.165, 1.54) is 63.3 Å². The number of terminal acetylenes is 1. The molecule has 3 heterocycles. The van der Waals surface area contributed by atoms with Gasteiger partial charge in [0.25, 0.3) is 0 Å². The van der Waals surface area contributed by atoms with Crippen LogP contribution in [-0.2, 0) is 13.0 Å². The van der Waals surface area contributed by atoms with Crippen molar-refractivity contribution in [2.75, 3.05) is 14.1 Å². The number of aromatic nitrogens is 3. The Hall–Kier alpha value is -2.50. The van der Waals surface area contributed by atoms with E-state index in [2.05, 4.69) is 161 Å². The Kier molecular flexibility index (Phi) is 51.7. The standard InChI is InChI=1S/C34H45N3S.C8H15N.C6H13.C4H8.C3H4.3C2H6.K/c1-9-14-26(23(7)10-2)34-36-30(21-38-34)25-16-17-31-28(20-25)29(19-22(5)6)33(37(31)12-4)27-15-13-18-35-32(27)24(8)11-3;1-6-7(2)8(3)9(4)5;1-3-5-6-4-2;1-3-4-2;1-3-2;3*1-2;/h10,13,15-18,20-24,26H,2,9,11-12,14,19H2,1,3-8H3;6-7H,1,3H2,2,4-5H3;1,3-6H2,2H3;3H,1,4H2,2H3;1H,2H3;3*1-2H3;/q;;-1;;;;;;+1. The molecule has 0 fully saturated rings. The zero-order chi connectivity index (χ0) is 51.8. The van der Waals surface area contributed by atoms with Gasteiger partial charge >= 0.3 is 51.4 Å².